The second kappa shape index (κ2) is 5.11. The average Bonchev–Trinajstić information content (AvgIpc) is 2.15. The van der Waals surface area contributed by atoms with Gasteiger partial charge >= 0.3 is 5.76 Å². The van der Waals surface area contributed by atoms with Crippen LogP contribution in [0.5, 0.6) is 0 Å². The highest BCUT2D eigenvalue weighted by Crippen LogP contribution is 2.23. The van der Waals surface area contributed by atoms with Gasteiger partial charge in [0.05, 0.1) is 5.69 Å². The van der Waals surface area contributed by atoms with Crippen molar-refractivity contribution in [1.29, 1.82) is 0 Å². The van der Waals surface area contributed by atoms with E-state index in [1.807, 2.05) is 0 Å². The zero-order valence-corrected chi connectivity index (χ0v) is 10.5. The number of hydrogen-bond acceptors (Lipinski definition) is 3. The zero-order valence-electron chi connectivity index (χ0n) is 8.15. The van der Waals surface area contributed by atoms with E-state index in [9.17, 15) is 17.2 Å². The van der Waals surface area contributed by atoms with E-state index >= 15 is 0 Å². The van der Waals surface area contributed by atoms with Gasteiger partial charge in [0.25, 0.3) is 10.0 Å². The highest BCUT2D eigenvalue weighted by molar-refractivity contribution is 7.93. The Kier molecular flexibility index (Phi) is 4.23. The van der Waals surface area contributed by atoms with Gasteiger partial charge in [-0.3, -0.25) is 4.72 Å². The smallest absolute Gasteiger partial charge is 0.355 e. The molecule has 0 aliphatic heterocycles. The third-order valence-corrected chi connectivity index (χ3v) is 3.16. The lowest BCUT2D eigenvalue weighted by Crippen LogP contribution is -2.23. The number of hydrogen-bond donors (Lipinski definition) is 2. The van der Waals surface area contributed by atoms with Gasteiger partial charge in [-0.2, -0.15) is 8.78 Å². The molecule has 0 unspecified atom stereocenters. The molecule has 0 aromatic heterocycles. The fourth-order valence-corrected chi connectivity index (χ4v) is 1.93. The standard InChI is InChI=1S/C8H7ClF2N2O2S2/c9-4-1-2-5(7(12)16)6(3-4)13-17(14,15)8(10)11/h1-3,8,13H,(H2,12,16). The maximum Gasteiger partial charge on any atom is 0.355 e. The summed E-state index contributed by atoms with van der Waals surface area (Å²) < 4.78 is 48.0. The third-order valence-electron chi connectivity index (χ3n) is 1.73. The molecule has 0 saturated carbocycles. The maximum absolute atomic E-state index is 12.2. The molecule has 0 amide bonds. The molecule has 0 heterocycles. The van der Waals surface area contributed by atoms with Crippen molar-refractivity contribution >= 4 is 44.5 Å². The average molecular weight is 301 g/mol. The largest absolute Gasteiger partial charge is 0.389 e. The molecular formula is C8H7ClF2N2O2S2. The van der Waals surface area contributed by atoms with Gasteiger partial charge in [0.2, 0.25) is 0 Å². The molecule has 9 heteroatoms. The fourth-order valence-electron chi connectivity index (χ4n) is 1.01. The van der Waals surface area contributed by atoms with Gasteiger partial charge in [-0.05, 0) is 18.2 Å². The summed E-state index contributed by atoms with van der Waals surface area (Å²) in [5.41, 5.74) is 5.27. The molecule has 0 fully saturated rings. The quantitative estimate of drug-likeness (QED) is 0.834. The van der Waals surface area contributed by atoms with E-state index in [-0.39, 0.29) is 21.3 Å². The number of halogens is 3. The van der Waals surface area contributed by atoms with Crippen molar-refractivity contribution in [3.63, 3.8) is 0 Å². The van der Waals surface area contributed by atoms with E-state index in [0.717, 1.165) is 6.07 Å². The van der Waals surface area contributed by atoms with Crippen LogP contribution in [0.3, 0.4) is 0 Å². The van der Waals surface area contributed by atoms with Gasteiger partial charge in [0.15, 0.2) is 0 Å². The Hall–Kier alpha value is -0.990. The highest BCUT2D eigenvalue weighted by atomic mass is 35.5. The molecule has 0 spiro atoms. The van der Waals surface area contributed by atoms with Crippen LogP contribution < -0.4 is 10.5 Å². The minimum atomic E-state index is -4.78. The lowest BCUT2D eigenvalue weighted by molar-refractivity contribution is 0.236. The molecule has 17 heavy (non-hydrogen) atoms. The molecule has 1 aromatic rings. The van der Waals surface area contributed by atoms with Crippen LogP contribution in [0.25, 0.3) is 0 Å². The van der Waals surface area contributed by atoms with Crippen molar-refractivity contribution in [3.8, 4) is 0 Å². The Balaban J connectivity index is 3.22. The van der Waals surface area contributed by atoms with Crippen LogP contribution in [0.15, 0.2) is 18.2 Å². The minimum Gasteiger partial charge on any atom is -0.389 e. The van der Waals surface area contributed by atoms with E-state index in [1.165, 1.54) is 12.1 Å². The number of sulfonamides is 1. The molecule has 0 radical (unpaired) electrons. The summed E-state index contributed by atoms with van der Waals surface area (Å²) in [5.74, 6) is -3.55. The van der Waals surface area contributed by atoms with Gasteiger partial charge in [-0.15, -0.1) is 0 Å². The molecule has 94 valence electrons. The molecule has 0 aliphatic rings. The molecule has 1 rings (SSSR count). The van der Waals surface area contributed by atoms with Crippen LogP contribution in [-0.2, 0) is 10.0 Å². The predicted molar refractivity (Wildman–Crippen MR) is 65.9 cm³/mol. The molecular weight excluding hydrogens is 294 g/mol. The Bertz CT molecular complexity index is 548. The van der Waals surface area contributed by atoms with Gasteiger partial charge in [-0.25, -0.2) is 8.42 Å². The summed E-state index contributed by atoms with van der Waals surface area (Å²) in [6.45, 7) is 0. The molecule has 4 nitrogen and oxygen atoms in total. The second-order valence-electron chi connectivity index (χ2n) is 2.96. The lowest BCUT2D eigenvalue weighted by Gasteiger charge is -2.11. The Morgan fingerprint density at radius 1 is 1.47 bits per heavy atom. The number of nitrogens with two attached hydrogens (primary N) is 1. The summed E-state index contributed by atoms with van der Waals surface area (Å²) in [7, 11) is -4.78. The predicted octanol–water partition coefficient (Wildman–Crippen LogP) is 1.94. The Morgan fingerprint density at radius 2 is 2.06 bits per heavy atom. The van der Waals surface area contributed by atoms with Crippen LogP contribution in [0.2, 0.25) is 5.02 Å². The molecule has 3 N–H and O–H groups in total. The highest BCUT2D eigenvalue weighted by Gasteiger charge is 2.25. The topological polar surface area (TPSA) is 72.2 Å². The number of nitrogens with one attached hydrogen (secondary N) is 1. The van der Waals surface area contributed by atoms with Gasteiger partial charge in [0, 0.05) is 10.6 Å². The number of anilines is 1. The van der Waals surface area contributed by atoms with E-state index < -0.39 is 15.8 Å². The summed E-state index contributed by atoms with van der Waals surface area (Å²) in [6.07, 6.45) is 0. The van der Waals surface area contributed by atoms with Crippen LogP contribution in [-0.4, -0.2) is 19.2 Å². The summed E-state index contributed by atoms with van der Waals surface area (Å²) in [4.78, 5) is -0.131. The number of thiocarbonyl (C=S) groups is 1. The lowest BCUT2D eigenvalue weighted by atomic mass is 10.2. The van der Waals surface area contributed by atoms with Gasteiger partial charge < -0.3 is 5.73 Å². The first-order valence-electron chi connectivity index (χ1n) is 4.13. The first-order valence-corrected chi connectivity index (χ1v) is 6.46. The molecule has 0 aliphatic carbocycles. The van der Waals surface area contributed by atoms with Crippen LogP contribution in [0.4, 0.5) is 14.5 Å². The van der Waals surface area contributed by atoms with Gasteiger partial charge in [-0.1, -0.05) is 23.8 Å². The van der Waals surface area contributed by atoms with Crippen molar-refractivity contribution in [2.45, 2.75) is 5.76 Å². The van der Waals surface area contributed by atoms with Crippen molar-refractivity contribution in [2.24, 2.45) is 5.73 Å². The van der Waals surface area contributed by atoms with Crippen LogP contribution in [0.1, 0.15) is 5.56 Å². The van der Waals surface area contributed by atoms with Crippen molar-refractivity contribution < 1.29 is 17.2 Å². The van der Waals surface area contributed by atoms with Crippen molar-refractivity contribution in [3.05, 3.63) is 28.8 Å². The van der Waals surface area contributed by atoms with Crippen LogP contribution >= 0.6 is 23.8 Å². The fraction of sp³-hybridized carbons (Fsp3) is 0.125. The molecule has 0 atom stereocenters. The Labute approximate surface area is 107 Å². The second-order valence-corrected chi connectivity index (χ2v) is 5.49. The SMILES string of the molecule is NC(=S)c1ccc(Cl)cc1NS(=O)(=O)C(F)F. The number of alkyl halides is 2. The number of benzene rings is 1. The first kappa shape index (κ1) is 14.1. The molecule has 0 bridgehead atoms. The summed E-state index contributed by atoms with van der Waals surface area (Å²) in [5, 5.41) is 0.164. The summed E-state index contributed by atoms with van der Waals surface area (Å²) in [6, 6.07) is 3.90. The van der Waals surface area contributed by atoms with E-state index in [1.54, 1.807) is 4.72 Å². The van der Waals surface area contributed by atoms with Crippen molar-refractivity contribution in [1.82, 2.24) is 0 Å². The zero-order chi connectivity index (χ0) is 13.2. The molecule has 1 aromatic carbocycles. The normalized spacial score (nSPS) is 11.5. The monoisotopic (exact) mass is 300 g/mol. The number of rotatable bonds is 4. The van der Waals surface area contributed by atoms with E-state index in [2.05, 4.69) is 12.2 Å². The van der Waals surface area contributed by atoms with E-state index in [4.69, 9.17) is 17.3 Å². The maximum atomic E-state index is 12.2. The Morgan fingerprint density at radius 3 is 2.53 bits per heavy atom. The third kappa shape index (κ3) is 3.48. The summed E-state index contributed by atoms with van der Waals surface area (Å²) >= 11 is 10.3. The molecule has 0 saturated heterocycles. The van der Waals surface area contributed by atoms with Gasteiger partial charge in [0.1, 0.15) is 4.99 Å². The first-order chi connectivity index (χ1) is 7.74. The van der Waals surface area contributed by atoms with E-state index in [0.29, 0.717) is 0 Å². The minimum absolute atomic E-state index is 0.119. The van der Waals surface area contributed by atoms with Crippen LogP contribution in [0, 0.1) is 0 Å². The van der Waals surface area contributed by atoms with Crippen molar-refractivity contribution in [2.75, 3.05) is 4.72 Å².